The van der Waals surface area contributed by atoms with Crippen LogP contribution in [-0.4, -0.2) is 35.6 Å². The molecule has 0 saturated carbocycles. The topological polar surface area (TPSA) is 90.3 Å². The fraction of sp³-hybridized carbons (Fsp3) is 0.360. The SMILES string of the molecule is Cc1nn(C2CCS(=O)(=O)C2)c(C)c1CC(=O)NCc1ccc(OCc2ccccc2)cc1. The third kappa shape index (κ3) is 5.82. The normalized spacial score (nSPS) is 17.1. The maximum atomic E-state index is 12.6. The van der Waals surface area contributed by atoms with Crippen molar-refractivity contribution in [2.45, 2.75) is 45.9 Å². The maximum absolute atomic E-state index is 12.6. The molecule has 3 aromatic rings. The van der Waals surface area contributed by atoms with Crippen LogP contribution in [0.25, 0.3) is 0 Å². The van der Waals surface area contributed by atoms with Crippen molar-refractivity contribution in [3.63, 3.8) is 0 Å². The van der Waals surface area contributed by atoms with Gasteiger partial charge in [-0.2, -0.15) is 5.10 Å². The minimum Gasteiger partial charge on any atom is -0.489 e. The van der Waals surface area contributed by atoms with Crippen molar-refractivity contribution in [2.24, 2.45) is 0 Å². The molecule has 8 heteroatoms. The van der Waals surface area contributed by atoms with Crippen LogP contribution in [0.2, 0.25) is 0 Å². The van der Waals surface area contributed by atoms with Gasteiger partial charge in [0.05, 0.1) is 29.7 Å². The summed E-state index contributed by atoms with van der Waals surface area (Å²) in [6.07, 6.45) is 0.788. The van der Waals surface area contributed by atoms with Crippen LogP contribution in [0, 0.1) is 13.8 Å². The number of sulfone groups is 1. The quantitative estimate of drug-likeness (QED) is 0.549. The molecule has 4 rings (SSSR count). The fourth-order valence-corrected chi connectivity index (χ4v) is 5.84. The Morgan fingerprint density at radius 2 is 1.82 bits per heavy atom. The van der Waals surface area contributed by atoms with Gasteiger partial charge in [0.25, 0.3) is 0 Å². The zero-order valence-electron chi connectivity index (χ0n) is 19.0. The number of benzene rings is 2. The van der Waals surface area contributed by atoms with Crippen molar-refractivity contribution in [1.29, 1.82) is 0 Å². The minimum atomic E-state index is -3.00. The number of carbonyl (C=O) groups is 1. The molecule has 0 aliphatic carbocycles. The first-order valence-electron chi connectivity index (χ1n) is 11.1. The van der Waals surface area contributed by atoms with E-state index in [9.17, 15) is 13.2 Å². The number of ether oxygens (including phenoxy) is 1. The molecule has 0 spiro atoms. The molecule has 0 bridgehead atoms. The van der Waals surface area contributed by atoms with Crippen molar-refractivity contribution in [3.8, 4) is 5.75 Å². The third-order valence-electron chi connectivity index (χ3n) is 6.03. The molecule has 1 amide bonds. The molecule has 1 aliphatic heterocycles. The van der Waals surface area contributed by atoms with E-state index in [4.69, 9.17) is 4.74 Å². The molecule has 1 aromatic heterocycles. The first-order chi connectivity index (χ1) is 15.8. The number of rotatable bonds is 8. The van der Waals surface area contributed by atoms with Crippen molar-refractivity contribution in [2.75, 3.05) is 11.5 Å². The lowest BCUT2D eigenvalue weighted by Gasteiger charge is -2.11. The Bertz CT molecular complexity index is 1220. The molecule has 2 heterocycles. The van der Waals surface area contributed by atoms with Gasteiger partial charge in [-0.05, 0) is 43.5 Å². The summed E-state index contributed by atoms with van der Waals surface area (Å²) in [5, 5.41) is 7.49. The number of nitrogens with zero attached hydrogens (tertiary/aromatic N) is 2. The summed E-state index contributed by atoms with van der Waals surface area (Å²) in [4.78, 5) is 12.6. The zero-order valence-corrected chi connectivity index (χ0v) is 19.8. The molecule has 7 nitrogen and oxygen atoms in total. The van der Waals surface area contributed by atoms with Gasteiger partial charge >= 0.3 is 0 Å². The van der Waals surface area contributed by atoms with Gasteiger partial charge < -0.3 is 10.1 Å². The fourth-order valence-electron chi connectivity index (χ4n) is 4.14. The summed E-state index contributed by atoms with van der Waals surface area (Å²) < 4.78 is 31.2. The van der Waals surface area contributed by atoms with E-state index in [1.165, 1.54) is 0 Å². The number of amides is 1. The van der Waals surface area contributed by atoms with Gasteiger partial charge in [0.15, 0.2) is 9.84 Å². The van der Waals surface area contributed by atoms with E-state index in [1.807, 2.05) is 68.4 Å². The predicted octanol–water partition coefficient (Wildman–Crippen LogP) is 3.30. The molecule has 174 valence electrons. The highest BCUT2D eigenvalue weighted by molar-refractivity contribution is 7.91. The zero-order chi connectivity index (χ0) is 23.4. The Kier molecular flexibility index (Phi) is 6.83. The lowest BCUT2D eigenvalue weighted by atomic mass is 10.1. The highest BCUT2D eigenvalue weighted by Crippen LogP contribution is 2.27. The van der Waals surface area contributed by atoms with Gasteiger partial charge in [-0.25, -0.2) is 8.42 Å². The van der Waals surface area contributed by atoms with Crippen LogP contribution in [0.4, 0.5) is 0 Å². The third-order valence-corrected chi connectivity index (χ3v) is 7.78. The second-order valence-corrected chi connectivity index (χ2v) is 10.8. The number of hydrogen-bond donors (Lipinski definition) is 1. The van der Waals surface area contributed by atoms with Crippen LogP contribution in [0.15, 0.2) is 54.6 Å². The molecule has 1 fully saturated rings. The molecule has 0 radical (unpaired) electrons. The molecule has 33 heavy (non-hydrogen) atoms. The summed E-state index contributed by atoms with van der Waals surface area (Å²) in [6, 6.07) is 17.5. The molecule has 1 aliphatic rings. The summed E-state index contributed by atoms with van der Waals surface area (Å²) >= 11 is 0. The standard InChI is InChI=1S/C25H29N3O4S/c1-18-24(19(2)28(27-18)22-12-13-33(30,31)17-22)14-25(29)26-15-20-8-10-23(11-9-20)32-16-21-6-4-3-5-7-21/h3-11,22H,12-17H2,1-2H3,(H,26,29). The average Bonchev–Trinajstić information content (AvgIpc) is 3.31. The number of aromatic nitrogens is 2. The van der Waals surface area contributed by atoms with Crippen LogP contribution < -0.4 is 10.1 Å². The second kappa shape index (κ2) is 9.79. The first-order valence-corrected chi connectivity index (χ1v) is 12.9. The van der Waals surface area contributed by atoms with Crippen LogP contribution in [0.1, 0.15) is 40.5 Å². The number of hydrogen-bond acceptors (Lipinski definition) is 5. The Morgan fingerprint density at radius 1 is 1.09 bits per heavy atom. The molecule has 1 unspecified atom stereocenters. The van der Waals surface area contributed by atoms with Crippen molar-refractivity contribution < 1.29 is 17.9 Å². The maximum Gasteiger partial charge on any atom is 0.224 e. The molecule has 1 atom stereocenters. The molecular formula is C25H29N3O4S. The number of nitrogens with one attached hydrogen (secondary N) is 1. The van der Waals surface area contributed by atoms with Crippen LogP contribution in [0.3, 0.4) is 0 Å². The number of aryl methyl sites for hydroxylation is 1. The monoisotopic (exact) mass is 467 g/mol. The highest BCUT2D eigenvalue weighted by atomic mass is 32.2. The van der Waals surface area contributed by atoms with E-state index in [0.717, 1.165) is 33.8 Å². The van der Waals surface area contributed by atoms with Gasteiger partial charge in [-0.1, -0.05) is 42.5 Å². The van der Waals surface area contributed by atoms with Gasteiger partial charge in [0, 0.05) is 17.8 Å². The Hall–Kier alpha value is -3.13. The summed E-state index contributed by atoms with van der Waals surface area (Å²) in [5.74, 6) is 0.999. The van der Waals surface area contributed by atoms with E-state index in [-0.39, 0.29) is 29.9 Å². The summed E-state index contributed by atoms with van der Waals surface area (Å²) in [6.45, 7) is 4.70. The van der Waals surface area contributed by atoms with Gasteiger partial charge in [-0.15, -0.1) is 0 Å². The van der Waals surface area contributed by atoms with Gasteiger partial charge in [0.2, 0.25) is 5.91 Å². The highest BCUT2D eigenvalue weighted by Gasteiger charge is 2.31. The van der Waals surface area contributed by atoms with Crippen LogP contribution >= 0.6 is 0 Å². The van der Waals surface area contributed by atoms with E-state index < -0.39 is 9.84 Å². The van der Waals surface area contributed by atoms with Gasteiger partial charge in [-0.3, -0.25) is 9.48 Å². The average molecular weight is 468 g/mol. The lowest BCUT2D eigenvalue weighted by molar-refractivity contribution is -0.120. The van der Waals surface area contributed by atoms with Crippen molar-refractivity contribution in [1.82, 2.24) is 15.1 Å². The Labute approximate surface area is 194 Å². The minimum absolute atomic E-state index is 0.0933. The predicted molar refractivity (Wildman–Crippen MR) is 127 cm³/mol. The lowest BCUT2D eigenvalue weighted by Crippen LogP contribution is -2.25. The molecular weight excluding hydrogens is 438 g/mol. The van der Waals surface area contributed by atoms with Gasteiger partial charge in [0.1, 0.15) is 12.4 Å². The van der Waals surface area contributed by atoms with E-state index in [1.54, 1.807) is 4.68 Å². The van der Waals surface area contributed by atoms with Crippen LogP contribution in [0.5, 0.6) is 5.75 Å². The van der Waals surface area contributed by atoms with E-state index >= 15 is 0 Å². The molecule has 1 saturated heterocycles. The smallest absolute Gasteiger partial charge is 0.224 e. The summed E-state index contributed by atoms with van der Waals surface area (Å²) in [7, 11) is -3.00. The van der Waals surface area contributed by atoms with E-state index in [0.29, 0.717) is 19.6 Å². The van der Waals surface area contributed by atoms with Crippen LogP contribution in [-0.2, 0) is 34.2 Å². The molecule has 2 aromatic carbocycles. The van der Waals surface area contributed by atoms with Crippen molar-refractivity contribution >= 4 is 15.7 Å². The Balaban J connectivity index is 1.30. The van der Waals surface area contributed by atoms with E-state index in [2.05, 4.69) is 10.4 Å². The largest absolute Gasteiger partial charge is 0.489 e. The second-order valence-electron chi connectivity index (χ2n) is 8.52. The Morgan fingerprint density at radius 3 is 2.48 bits per heavy atom. The first kappa shape index (κ1) is 23.0. The number of carbonyl (C=O) groups excluding carboxylic acids is 1. The van der Waals surface area contributed by atoms with Crippen molar-refractivity contribution in [3.05, 3.63) is 82.7 Å². The summed E-state index contributed by atoms with van der Waals surface area (Å²) in [5.41, 5.74) is 4.59. The molecule has 1 N–H and O–H groups in total.